The zero-order valence-corrected chi connectivity index (χ0v) is 19.4. The lowest BCUT2D eigenvalue weighted by atomic mass is 10.2. The van der Waals surface area contributed by atoms with E-state index in [9.17, 15) is 18.0 Å². The van der Waals surface area contributed by atoms with Gasteiger partial charge >= 0.3 is 0 Å². The van der Waals surface area contributed by atoms with Gasteiger partial charge in [-0.2, -0.15) is 9.78 Å². The minimum atomic E-state index is -3.03. The Kier molecular flexibility index (Phi) is 6.55. The monoisotopic (exact) mass is 479 g/mol. The third-order valence-corrected chi connectivity index (χ3v) is 8.23. The number of carbonyl (C=O) groups is 1. The summed E-state index contributed by atoms with van der Waals surface area (Å²) in [6.45, 7) is 2.69. The van der Waals surface area contributed by atoms with Crippen LogP contribution in [0.4, 0.5) is 5.69 Å². The van der Waals surface area contributed by atoms with E-state index in [2.05, 4.69) is 5.10 Å². The SMILES string of the molecule is CN(C(=O)CN1CCN(c2cnn(-c3ccccc3)c(=O)c2Cl)CC1)C1CCS(=O)(=O)C1. The molecule has 172 valence electrons. The van der Waals surface area contributed by atoms with E-state index >= 15 is 0 Å². The second-order valence-corrected chi connectivity index (χ2v) is 10.8. The van der Waals surface area contributed by atoms with Gasteiger partial charge in [-0.25, -0.2) is 8.42 Å². The van der Waals surface area contributed by atoms with Crippen LogP contribution in [0.25, 0.3) is 5.69 Å². The molecule has 0 N–H and O–H groups in total. The number of para-hydroxylation sites is 1. The molecule has 0 spiro atoms. The number of halogens is 1. The number of amides is 1. The summed E-state index contributed by atoms with van der Waals surface area (Å²) in [4.78, 5) is 31.0. The van der Waals surface area contributed by atoms with Crippen LogP contribution in [0.3, 0.4) is 0 Å². The third-order valence-electron chi connectivity index (χ3n) is 6.12. The highest BCUT2D eigenvalue weighted by molar-refractivity contribution is 7.91. The molecule has 2 aliphatic heterocycles. The molecule has 32 heavy (non-hydrogen) atoms. The van der Waals surface area contributed by atoms with Crippen molar-refractivity contribution in [2.45, 2.75) is 12.5 Å². The van der Waals surface area contributed by atoms with Crippen molar-refractivity contribution in [3.63, 3.8) is 0 Å². The largest absolute Gasteiger partial charge is 0.366 e. The number of anilines is 1. The predicted octanol–water partition coefficient (Wildman–Crippen LogP) is 0.653. The molecule has 11 heteroatoms. The van der Waals surface area contributed by atoms with Gasteiger partial charge in [0.1, 0.15) is 5.02 Å². The zero-order chi connectivity index (χ0) is 22.9. The summed E-state index contributed by atoms with van der Waals surface area (Å²) >= 11 is 6.40. The van der Waals surface area contributed by atoms with Crippen molar-refractivity contribution in [3.8, 4) is 5.69 Å². The van der Waals surface area contributed by atoms with Gasteiger partial charge in [0.15, 0.2) is 9.84 Å². The van der Waals surface area contributed by atoms with Gasteiger partial charge in [-0.3, -0.25) is 14.5 Å². The molecular weight excluding hydrogens is 454 g/mol. The second-order valence-electron chi connectivity index (χ2n) is 8.22. The van der Waals surface area contributed by atoms with E-state index in [4.69, 9.17) is 11.6 Å². The molecule has 2 saturated heterocycles. The Morgan fingerprint density at radius 1 is 1.19 bits per heavy atom. The summed E-state index contributed by atoms with van der Waals surface area (Å²) in [6, 6.07) is 8.86. The van der Waals surface area contributed by atoms with Crippen molar-refractivity contribution in [3.05, 3.63) is 51.9 Å². The van der Waals surface area contributed by atoms with Gasteiger partial charge in [-0.15, -0.1) is 0 Å². The molecule has 1 amide bonds. The highest BCUT2D eigenvalue weighted by Crippen LogP contribution is 2.23. The van der Waals surface area contributed by atoms with Crippen LogP contribution < -0.4 is 10.5 Å². The van der Waals surface area contributed by atoms with Gasteiger partial charge in [-0.05, 0) is 18.6 Å². The first-order chi connectivity index (χ1) is 15.2. The Bertz CT molecular complexity index is 1150. The Balaban J connectivity index is 1.36. The minimum Gasteiger partial charge on any atom is -0.366 e. The van der Waals surface area contributed by atoms with Gasteiger partial charge in [0.25, 0.3) is 5.56 Å². The predicted molar refractivity (Wildman–Crippen MR) is 123 cm³/mol. The first-order valence-corrected chi connectivity index (χ1v) is 12.7. The molecule has 0 aliphatic carbocycles. The summed E-state index contributed by atoms with van der Waals surface area (Å²) in [5.41, 5.74) is 0.859. The number of carbonyl (C=O) groups excluding carboxylic acids is 1. The molecule has 1 unspecified atom stereocenters. The van der Waals surface area contributed by atoms with E-state index in [0.29, 0.717) is 44.0 Å². The molecule has 0 radical (unpaired) electrons. The molecule has 9 nitrogen and oxygen atoms in total. The maximum Gasteiger partial charge on any atom is 0.292 e. The van der Waals surface area contributed by atoms with Crippen LogP contribution in [0.15, 0.2) is 41.3 Å². The number of aromatic nitrogens is 2. The Morgan fingerprint density at radius 3 is 2.50 bits per heavy atom. The van der Waals surface area contributed by atoms with Crippen LogP contribution in [0, 0.1) is 0 Å². The van der Waals surface area contributed by atoms with Crippen LogP contribution in [-0.2, 0) is 14.6 Å². The van der Waals surface area contributed by atoms with Gasteiger partial charge in [-0.1, -0.05) is 29.8 Å². The minimum absolute atomic E-state index is 0.0447. The lowest BCUT2D eigenvalue weighted by Gasteiger charge is -2.36. The van der Waals surface area contributed by atoms with E-state index in [1.165, 1.54) is 4.68 Å². The molecule has 2 aromatic rings. The smallest absolute Gasteiger partial charge is 0.292 e. The molecule has 1 aromatic heterocycles. The van der Waals surface area contributed by atoms with E-state index in [1.807, 2.05) is 28.0 Å². The number of hydrogen-bond acceptors (Lipinski definition) is 7. The molecular formula is C21H26ClN5O4S. The normalized spacial score (nSPS) is 20.9. The fraction of sp³-hybridized carbons (Fsp3) is 0.476. The van der Waals surface area contributed by atoms with Crippen molar-refractivity contribution in [1.29, 1.82) is 0 Å². The molecule has 0 saturated carbocycles. The van der Waals surface area contributed by atoms with Crippen molar-refractivity contribution in [2.75, 3.05) is 56.2 Å². The van der Waals surface area contributed by atoms with E-state index in [1.54, 1.807) is 30.3 Å². The Hall–Kier alpha value is -2.43. The van der Waals surface area contributed by atoms with E-state index in [0.717, 1.165) is 0 Å². The van der Waals surface area contributed by atoms with Crippen molar-refractivity contribution >= 4 is 33.0 Å². The third kappa shape index (κ3) is 4.82. The van der Waals surface area contributed by atoms with E-state index < -0.39 is 9.84 Å². The fourth-order valence-electron chi connectivity index (χ4n) is 4.13. The molecule has 1 aromatic carbocycles. The van der Waals surface area contributed by atoms with Crippen molar-refractivity contribution < 1.29 is 13.2 Å². The van der Waals surface area contributed by atoms with Crippen molar-refractivity contribution in [1.82, 2.24) is 19.6 Å². The van der Waals surface area contributed by atoms with Crippen LogP contribution in [0.2, 0.25) is 5.02 Å². The Morgan fingerprint density at radius 2 is 1.88 bits per heavy atom. The molecule has 4 rings (SSSR count). The van der Waals surface area contributed by atoms with Crippen LogP contribution in [-0.4, -0.2) is 91.2 Å². The molecule has 2 fully saturated rings. The number of benzene rings is 1. The average Bonchev–Trinajstić information content (AvgIpc) is 3.16. The lowest BCUT2D eigenvalue weighted by Crippen LogP contribution is -2.51. The van der Waals surface area contributed by atoms with Gasteiger partial charge in [0.05, 0.1) is 35.6 Å². The number of likely N-dealkylation sites (N-methyl/N-ethyl adjacent to an activating group) is 1. The zero-order valence-electron chi connectivity index (χ0n) is 17.9. The first-order valence-electron chi connectivity index (χ1n) is 10.5. The van der Waals surface area contributed by atoms with Crippen LogP contribution in [0.1, 0.15) is 6.42 Å². The molecule has 2 aliphatic rings. The maximum atomic E-state index is 12.7. The topological polar surface area (TPSA) is 95.8 Å². The molecule has 0 bridgehead atoms. The number of sulfone groups is 1. The number of nitrogens with zero attached hydrogens (tertiary/aromatic N) is 5. The average molecular weight is 480 g/mol. The standard InChI is InChI=1S/C21H26ClN5O4S/c1-24(17-7-12-32(30,31)15-17)19(28)14-25-8-10-26(11-9-25)18-13-23-27(21(29)20(18)22)16-5-3-2-4-6-16/h2-6,13,17H,7-12,14-15H2,1H3. The highest BCUT2D eigenvalue weighted by Gasteiger charge is 2.33. The summed E-state index contributed by atoms with van der Waals surface area (Å²) in [6.07, 6.45) is 2.10. The van der Waals surface area contributed by atoms with Gasteiger partial charge < -0.3 is 9.80 Å². The Labute approximate surface area is 192 Å². The first kappa shape index (κ1) is 22.8. The van der Waals surface area contributed by atoms with Crippen molar-refractivity contribution in [2.24, 2.45) is 0 Å². The summed E-state index contributed by atoms with van der Waals surface area (Å²) in [7, 11) is -1.36. The van der Waals surface area contributed by atoms with Crippen LogP contribution in [0.5, 0.6) is 0 Å². The van der Waals surface area contributed by atoms with Gasteiger partial charge in [0, 0.05) is 39.3 Å². The summed E-state index contributed by atoms with van der Waals surface area (Å²) in [5, 5.41) is 4.41. The summed E-state index contributed by atoms with van der Waals surface area (Å²) in [5.74, 6) is 0.111. The van der Waals surface area contributed by atoms with E-state index in [-0.39, 0.29) is 40.6 Å². The number of rotatable bonds is 5. The number of piperazine rings is 1. The lowest BCUT2D eigenvalue weighted by molar-refractivity contribution is -0.132. The molecule has 3 heterocycles. The highest BCUT2D eigenvalue weighted by atomic mass is 35.5. The molecule has 1 atom stereocenters. The fourth-order valence-corrected chi connectivity index (χ4v) is 6.15. The van der Waals surface area contributed by atoms with Gasteiger partial charge in [0.2, 0.25) is 5.91 Å². The second kappa shape index (κ2) is 9.21. The maximum absolute atomic E-state index is 12.7. The van der Waals surface area contributed by atoms with Crippen LogP contribution >= 0.6 is 11.6 Å². The number of hydrogen-bond donors (Lipinski definition) is 0. The quantitative estimate of drug-likeness (QED) is 0.621. The summed E-state index contributed by atoms with van der Waals surface area (Å²) < 4.78 is 24.7.